The molecule has 0 aromatic rings. The molecule has 0 heterocycles. The van der Waals surface area contributed by atoms with Crippen LogP contribution >= 0.6 is 0 Å². The van der Waals surface area contributed by atoms with Gasteiger partial charge in [-0.05, 0) is 44.6 Å². The Morgan fingerprint density at radius 2 is 2.22 bits per heavy atom. The Labute approximate surface area is 107 Å². The van der Waals surface area contributed by atoms with Crippen LogP contribution in [0.5, 0.6) is 0 Å². The first kappa shape index (κ1) is 15.1. The maximum Gasteiger partial charge on any atom is 0.349 e. The number of hydrogen-bond acceptors (Lipinski definition) is 3. The van der Waals surface area contributed by atoms with Crippen molar-refractivity contribution in [3.63, 3.8) is 0 Å². The lowest BCUT2D eigenvalue weighted by Gasteiger charge is -2.32. The first-order valence-electron chi connectivity index (χ1n) is 6.71. The molecular weight excluding hydrogens is 235 g/mol. The molecule has 18 heavy (non-hydrogen) atoms. The Morgan fingerprint density at radius 3 is 2.72 bits per heavy atom. The molecule has 0 aromatic carbocycles. The summed E-state index contributed by atoms with van der Waals surface area (Å²) in [7, 11) is 0. The summed E-state index contributed by atoms with van der Waals surface area (Å²) in [6.45, 7) is 2.97. The van der Waals surface area contributed by atoms with E-state index in [-0.39, 0.29) is 5.71 Å². The summed E-state index contributed by atoms with van der Waals surface area (Å²) in [5, 5.41) is 19.1. The number of hydrogen-bond donors (Lipinski definition) is 3. The van der Waals surface area contributed by atoms with E-state index in [1.807, 2.05) is 0 Å². The smallest absolute Gasteiger partial charge is 0.349 e. The highest BCUT2D eigenvalue weighted by molar-refractivity contribution is 6.34. The Morgan fingerprint density at radius 1 is 1.56 bits per heavy atom. The minimum absolute atomic E-state index is 0.211. The average Bonchev–Trinajstić information content (AvgIpc) is 2.30. The molecule has 0 radical (unpaired) electrons. The Balaban J connectivity index is 2.09. The number of halogens is 1. The molecule has 0 bridgehead atoms. The number of nitrogens with one attached hydrogen (secondary N) is 2. The molecule has 0 amide bonds. The zero-order valence-corrected chi connectivity index (χ0v) is 10.9. The fraction of sp³-hybridized carbons (Fsp3) is 0.846. The highest BCUT2D eigenvalue weighted by atomic mass is 19.1. The molecule has 1 fully saturated rings. The Bertz CT molecular complexity index is 291. The molecule has 5 heteroatoms. The maximum absolute atomic E-state index is 12.6. The van der Waals surface area contributed by atoms with Gasteiger partial charge in [0.25, 0.3) is 0 Å². The van der Waals surface area contributed by atoms with E-state index in [0.29, 0.717) is 31.2 Å². The van der Waals surface area contributed by atoms with Crippen molar-refractivity contribution in [3.05, 3.63) is 0 Å². The van der Waals surface area contributed by atoms with Crippen LogP contribution in [-0.4, -0.2) is 35.5 Å². The number of carbonyl (C=O) groups is 1. The molecule has 1 aliphatic rings. The summed E-state index contributed by atoms with van der Waals surface area (Å²) in [4.78, 5) is 10.5. The predicted molar refractivity (Wildman–Crippen MR) is 68.9 cm³/mol. The van der Waals surface area contributed by atoms with Gasteiger partial charge in [0.1, 0.15) is 11.9 Å². The van der Waals surface area contributed by atoms with E-state index in [9.17, 15) is 9.18 Å². The van der Waals surface area contributed by atoms with E-state index in [4.69, 9.17) is 10.5 Å². The van der Waals surface area contributed by atoms with Crippen LogP contribution in [0.3, 0.4) is 0 Å². The van der Waals surface area contributed by atoms with Crippen LogP contribution in [0.15, 0.2) is 0 Å². The molecule has 1 rings (SSSR count). The fourth-order valence-corrected chi connectivity index (χ4v) is 2.17. The second-order valence-electron chi connectivity index (χ2n) is 5.12. The van der Waals surface area contributed by atoms with Crippen molar-refractivity contribution >= 4 is 11.7 Å². The maximum atomic E-state index is 12.6. The van der Waals surface area contributed by atoms with E-state index >= 15 is 0 Å². The van der Waals surface area contributed by atoms with Crippen LogP contribution in [0.25, 0.3) is 0 Å². The lowest BCUT2D eigenvalue weighted by atomic mass is 9.89. The predicted octanol–water partition coefficient (Wildman–Crippen LogP) is 2.38. The van der Waals surface area contributed by atoms with Gasteiger partial charge in [0.15, 0.2) is 0 Å². The summed E-state index contributed by atoms with van der Waals surface area (Å²) in [5.41, 5.74) is -0.211. The Kier molecular flexibility index (Phi) is 6.25. The lowest BCUT2D eigenvalue weighted by Crippen LogP contribution is -2.44. The number of rotatable bonds is 9. The van der Waals surface area contributed by atoms with Gasteiger partial charge in [0.05, 0.1) is 0 Å². The SMILES string of the molecule is CCC(CCCC(=N)C(=O)O)CNC1CC(F)C1. The minimum Gasteiger partial charge on any atom is -0.477 e. The molecule has 4 nitrogen and oxygen atoms in total. The van der Waals surface area contributed by atoms with Gasteiger partial charge in [0, 0.05) is 6.04 Å². The van der Waals surface area contributed by atoms with Crippen molar-refractivity contribution < 1.29 is 14.3 Å². The molecule has 1 atom stereocenters. The van der Waals surface area contributed by atoms with E-state index in [1.54, 1.807) is 0 Å². The average molecular weight is 258 g/mol. The van der Waals surface area contributed by atoms with Gasteiger partial charge >= 0.3 is 5.97 Å². The summed E-state index contributed by atoms with van der Waals surface area (Å²) in [6, 6.07) is 0.325. The van der Waals surface area contributed by atoms with E-state index < -0.39 is 12.1 Å². The topological polar surface area (TPSA) is 73.2 Å². The number of carboxylic acids is 1. The standard InChI is InChI=1S/C13H23FN2O2/c1-2-9(4-3-5-12(15)13(17)18)8-16-11-6-10(14)7-11/h9-11,15-16H,2-8H2,1H3,(H,17,18). The molecule has 104 valence electrons. The fourth-order valence-electron chi connectivity index (χ4n) is 2.17. The first-order valence-corrected chi connectivity index (χ1v) is 6.71. The monoisotopic (exact) mass is 258 g/mol. The third kappa shape index (κ3) is 5.12. The third-order valence-electron chi connectivity index (χ3n) is 3.65. The molecule has 1 saturated carbocycles. The van der Waals surface area contributed by atoms with Gasteiger partial charge < -0.3 is 10.4 Å². The van der Waals surface area contributed by atoms with Crippen molar-refractivity contribution in [2.45, 2.75) is 57.7 Å². The Hall–Kier alpha value is -0.970. The molecule has 0 aliphatic heterocycles. The van der Waals surface area contributed by atoms with Gasteiger partial charge in [-0.2, -0.15) is 0 Å². The summed E-state index contributed by atoms with van der Waals surface area (Å²) >= 11 is 0. The summed E-state index contributed by atoms with van der Waals surface area (Å²) in [5.74, 6) is -0.630. The van der Waals surface area contributed by atoms with Gasteiger partial charge in [0.2, 0.25) is 0 Å². The number of alkyl halides is 1. The number of carboxylic acid groups (broad SMARTS) is 1. The molecule has 0 spiro atoms. The highest BCUT2D eigenvalue weighted by Gasteiger charge is 2.28. The second-order valence-corrected chi connectivity index (χ2v) is 5.12. The third-order valence-corrected chi connectivity index (χ3v) is 3.65. The first-order chi connectivity index (χ1) is 8.52. The van der Waals surface area contributed by atoms with E-state index in [1.165, 1.54) is 0 Å². The number of aliphatic carboxylic acids is 1. The van der Waals surface area contributed by atoms with Crippen molar-refractivity contribution in [3.8, 4) is 0 Å². The van der Waals surface area contributed by atoms with Crippen molar-refractivity contribution in [2.75, 3.05) is 6.54 Å². The minimum atomic E-state index is -1.12. The summed E-state index contributed by atoms with van der Waals surface area (Å²) in [6.07, 6.45) is 3.65. The zero-order valence-electron chi connectivity index (χ0n) is 10.9. The van der Waals surface area contributed by atoms with Crippen molar-refractivity contribution in [2.24, 2.45) is 5.92 Å². The molecular formula is C13H23FN2O2. The van der Waals surface area contributed by atoms with Crippen molar-refractivity contribution in [1.29, 1.82) is 5.41 Å². The summed E-state index contributed by atoms with van der Waals surface area (Å²) < 4.78 is 12.6. The van der Waals surface area contributed by atoms with Gasteiger partial charge in [-0.3, -0.25) is 5.41 Å². The van der Waals surface area contributed by atoms with Crippen LogP contribution in [-0.2, 0) is 4.79 Å². The normalized spacial score (nSPS) is 24.3. The lowest BCUT2D eigenvalue weighted by molar-refractivity contribution is -0.129. The molecule has 1 aliphatic carbocycles. The van der Waals surface area contributed by atoms with Crippen LogP contribution in [0, 0.1) is 11.3 Å². The van der Waals surface area contributed by atoms with Gasteiger partial charge in [-0.25, -0.2) is 9.18 Å². The highest BCUT2D eigenvalue weighted by Crippen LogP contribution is 2.23. The van der Waals surface area contributed by atoms with Gasteiger partial charge in [-0.15, -0.1) is 0 Å². The zero-order chi connectivity index (χ0) is 13.5. The largest absolute Gasteiger partial charge is 0.477 e. The molecule has 3 N–H and O–H groups in total. The van der Waals surface area contributed by atoms with Crippen LogP contribution in [0.2, 0.25) is 0 Å². The van der Waals surface area contributed by atoms with Gasteiger partial charge in [-0.1, -0.05) is 13.3 Å². The molecule has 0 saturated heterocycles. The second kappa shape index (κ2) is 7.46. The van der Waals surface area contributed by atoms with Crippen LogP contribution in [0.4, 0.5) is 4.39 Å². The molecule has 1 unspecified atom stereocenters. The van der Waals surface area contributed by atoms with Crippen LogP contribution in [0.1, 0.15) is 45.4 Å². The molecule has 0 aromatic heterocycles. The van der Waals surface area contributed by atoms with Crippen LogP contribution < -0.4 is 5.32 Å². The quantitative estimate of drug-likeness (QED) is 0.556. The van der Waals surface area contributed by atoms with E-state index in [0.717, 1.165) is 25.8 Å². The van der Waals surface area contributed by atoms with E-state index in [2.05, 4.69) is 12.2 Å². The van der Waals surface area contributed by atoms with Crippen molar-refractivity contribution in [1.82, 2.24) is 5.32 Å².